The second-order valence-corrected chi connectivity index (χ2v) is 8.46. The highest BCUT2D eigenvalue weighted by Crippen LogP contribution is 2.26. The molecule has 0 unspecified atom stereocenters. The number of aliphatic hydroxyl groups excluding tert-OH is 1. The predicted molar refractivity (Wildman–Crippen MR) is 90.4 cm³/mol. The maximum Gasteiger partial charge on any atom is 0.244 e. The van der Waals surface area contributed by atoms with E-state index < -0.39 is 10.0 Å². The van der Waals surface area contributed by atoms with Crippen LogP contribution in [-0.4, -0.2) is 61.6 Å². The highest BCUT2D eigenvalue weighted by atomic mass is 79.9. The van der Waals surface area contributed by atoms with Gasteiger partial charge in [0.2, 0.25) is 10.0 Å². The fourth-order valence-corrected chi connectivity index (χ4v) is 5.11. The van der Waals surface area contributed by atoms with Crippen molar-refractivity contribution in [1.29, 1.82) is 0 Å². The Kier molecular flexibility index (Phi) is 6.01. The third-order valence-corrected chi connectivity index (χ3v) is 6.85. The molecule has 1 atom stereocenters. The van der Waals surface area contributed by atoms with Crippen molar-refractivity contribution >= 4 is 26.0 Å². The van der Waals surface area contributed by atoms with Crippen LogP contribution in [0.25, 0.3) is 0 Å². The van der Waals surface area contributed by atoms with Crippen LogP contribution >= 0.6 is 15.9 Å². The van der Waals surface area contributed by atoms with Crippen LogP contribution in [0.15, 0.2) is 27.6 Å². The van der Waals surface area contributed by atoms with Gasteiger partial charge in [-0.1, -0.05) is 13.0 Å². The number of aryl methyl sites for hydroxylation is 1. The van der Waals surface area contributed by atoms with E-state index in [1.54, 1.807) is 6.07 Å². The zero-order chi connectivity index (χ0) is 16.3. The lowest BCUT2D eigenvalue weighted by Crippen LogP contribution is -2.50. The van der Waals surface area contributed by atoms with Gasteiger partial charge in [-0.25, -0.2) is 8.42 Å². The zero-order valence-electron chi connectivity index (χ0n) is 13.0. The molecule has 1 N–H and O–H groups in total. The van der Waals surface area contributed by atoms with Crippen molar-refractivity contribution in [2.24, 2.45) is 0 Å². The number of β-amino-alcohol motifs (C(OH)–C–C–N with tert-alkyl or cyclic N) is 1. The van der Waals surface area contributed by atoms with E-state index in [1.165, 1.54) is 4.31 Å². The van der Waals surface area contributed by atoms with Crippen molar-refractivity contribution in [1.82, 2.24) is 9.21 Å². The van der Waals surface area contributed by atoms with Crippen LogP contribution in [0.4, 0.5) is 0 Å². The van der Waals surface area contributed by atoms with Gasteiger partial charge in [0.1, 0.15) is 0 Å². The van der Waals surface area contributed by atoms with Gasteiger partial charge in [-0.05, 0) is 47.0 Å². The topological polar surface area (TPSA) is 60.9 Å². The highest BCUT2D eigenvalue weighted by Gasteiger charge is 2.30. The van der Waals surface area contributed by atoms with Crippen molar-refractivity contribution in [2.75, 3.05) is 32.7 Å². The number of aliphatic hydroxyl groups is 1. The van der Waals surface area contributed by atoms with Crippen molar-refractivity contribution in [3.05, 3.63) is 28.2 Å². The molecule has 0 amide bonds. The molecule has 1 saturated heterocycles. The first-order valence-corrected chi connectivity index (χ1v) is 9.74. The van der Waals surface area contributed by atoms with Crippen LogP contribution in [0.2, 0.25) is 0 Å². The van der Waals surface area contributed by atoms with Crippen molar-refractivity contribution in [2.45, 2.75) is 31.3 Å². The minimum atomic E-state index is -3.47. The Morgan fingerprint density at radius 1 is 1.27 bits per heavy atom. The maximum atomic E-state index is 12.7. The summed E-state index contributed by atoms with van der Waals surface area (Å²) in [6.07, 6.45) is 0.379. The Labute approximate surface area is 141 Å². The summed E-state index contributed by atoms with van der Waals surface area (Å²) in [6.45, 7) is 6.70. The number of benzene rings is 1. The molecular formula is C15H23BrN2O3S. The molecule has 1 heterocycles. The lowest BCUT2D eigenvalue weighted by atomic mass is 10.2. The minimum Gasteiger partial charge on any atom is -0.392 e. The summed E-state index contributed by atoms with van der Waals surface area (Å²) >= 11 is 3.35. The summed E-state index contributed by atoms with van der Waals surface area (Å²) in [5, 5.41) is 9.70. The van der Waals surface area contributed by atoms with Gasteiger partial charge >= 0.3 is 0 Å². The van der Waals surface area contributed by atoms with E-state index in [1.807, 2.05) is 26.0 Å². The summed E-state index contributed by atoms with van der Waals surface area (Å²) in [5.74, 6) is 0. The molecule has 0 radical (unpaired) electrons. The lowest BCUT2D eigenvalue weighted by Gasteiger charge is -2.34. The van der Waals surface area contributed by atoms with Gasteiger partial charge in [-0.2, -0.15) is 4.31 Å². The summed E-state index contributed by atoms with van der Waals surface area (Å²) in [7, 11) is -3.47. The van der Waals surface area contributed by atoms with Gasteiger partial charge in [-0.3, -0.25) is 4.90 Å². The van der Waals surface area contributed by atoms with Crippen molar-refractivity contribution in [3.8, 4) is 0 Å². The summed E-state index contributed by atoms with van der Waals surface area (Å²) in [6, 6.07) is 5.29. The van der Waals surface area contributed by atoms with Gasteiger partial charge < -0.3 is 5.11 Å². The van der Waals surface area contributed by atoms with Crippen LogP contribution in [0.3, 0.4) is 0 Å². The third kappa shape index (κ3) is 4.08. The Morgan fingerprint density at radius 3 is 2.45 bits per heavy atom. The number of sulfonamides is 1. The molecule has 5 nitrogen and oxygen atoms in total. The highest BCUT2D eigenvalue weighted by molar-refractivity contribution is 9.10. The van der Waals surface area contributed by atoms with Crippen LogP contribution in [0.5, 0.6) is 0 Å². The predicted octanol–water partition coefficient (Wildman–Crippen LogP) is 1.83. The Bertz CT molecular complexity index is 613. The van der Waals surface area contributed by atoms with Crippen LogP contribution in [-0.2, 0) is 10.0 Å². The van der Waals surface area contributed by atoms with Crippen LogP contribution in [0, 0.1) is 6.92 Å². The van der Waals surface area contributed by atoms with Crippen molar-refractivity contribution in [3.63, 3.8) is 0 Å². The van der Waals surface area contributed by atoms with Gasteiger partial charge in [0.15, 0.2) is 0 Å². The largest absolute Gasteiger partial charge is 0.392 e. The average molecular weight is 391 g/mol. The third-order valence-electron chi connectivity index (χ3n) is 3.98. The minimum absolute atomic E-state index is 0.320. The molecule has 0 aliphatic carbocycles. The van der Waals surface area contributed by atoms with Gasteiger partial charge in [-0.15, -0.1) is 0 Å². The molecule has 7 heteroatoms. The molecule has 2 rings (SSSR count). The molecule has 1 fully saturated rings. The van der Waals surface area contributed by atoms with E-state index in [2.05, 4.69) is 20.8 Å². The van der Waals surface area contributed by atoms with Crippen LogP contribution < -0.4 is 0 Å². The number of hydrogen-bond acceptors (Lipinski definition) is 4. The molecule has 0 spiro atoms. The van der Waals surface area contributed by atoms with E-state index >= 15 is 0 Å². The smallest absolute Gasteiger partial charge is 0.244 e. The van der Waals surface area contributed by atoms with E-state index in [0.717, 1.165) is 12.0 Å². The first-order chi connectivity index (χ1) is 10.3. The Balaban J connectivity index is 2.06. The molecule has 0 bridgehead atoms. The number of hydrogen-bond donors (Lipinski definition) is 1. The Hall–Kier alpha value is -0.470. The summed E-state index contributed by atoms with van der Waals surface area (Å²) in [5.41, 5.74) is 1.02. The normalized spacial score (nSPS) is 19.3. The molecule has 124 valence electrons. The number of halogens is 1. The number of rotatable bonds is 5. The molecular weight excluding hydrogens is 368 g/mol. The van der Waals surface area contributed by atoms with Crippen molar-refractivity contribution < 1.29 is 13.5 Å². The maximum absolute atomic E-state index is 12.7. The standard InChI is InChI=1S/C15H23BrN2O3S/c1-3-13(19)11-17-6-8-18(9-7-17)22(20,21)15-5-4-12(2)10-14(15)16/h4-5,10,13,19H,3,6-9,11H2,1-2H3/t13-/m1/s1. The first kappa shape index (κ1) is 17.9. The van der Waals surface area contributed by atoms with Gasteiger partial charge in [0.05, 0.1) is 11.0 Å². The van der Waals surface area contributed by atoms with E-state index in [0.29, 0.717) is 42.1 Å². The summed E-state index contributed by atoms with van der Waals surface area (Å²) in [4.78, 5) is 2.44. The van der Waals surface area contributed by atoms with E-state index in [-0.39, 0.29) is 6.10 Å². The summed E-state index contributed by atoms with van der Waals surface area (Å²) < 4.78 is 27.6. The molecule has 1 aromatic rings. The fourth-order valence-electron chi connectivity index (χ4n) is 2.53. The van der Waals surface area contributed by atoms with E-state index in [4.69, 9.17) is 0 Å². The number of nitrogens with zero attached hydrogens (tertiary/aromatic N) is 2. The number of piperazine rings is 1. The van der Waals surface area contributed by atoms with Crippen LogP contribution in [0.1, 0.15) is 18.9 Å². The second-order valence-electron chi connectivity index (χ2n) is 5.70. The zero-order valence-corrected chi connectivity index (χ0v) is 15.4. The Morgan fingerprint density at radius 2 is 1.91 bits per heavy atom. The average Bonchev–Trinajstić information content (AvgIpc) is 2.47. The molecule has 1 aliphatic rings. The first-order valence-electron chi connectivity index (χ1n) is 7.51. The van der Waals surface area contributed by atoms with Gasteiger partial charge in [0, 0.05) is 37.2 Å². The molecule has 0 aromatic heterocycles. The fraction of sp³-hybridized carbons (Fsp3) is 0.600. The molecule has 1 aromatic carbocycles. The SMILES string of the molecule is CC[C@@H](O)CN1CCN(S(=O)(=O)c2ccc(C)cc2Br)CC1. The monoisotopic (exact) mass is 390 g/mol. The molecule has 0 saturated carbocycles. The van der Waals surface area contributed by atoms with Gasteiger partial charge in [0.25, 0.3) is 0 Å². The van der Waals surface area contributed by atoms with E-state index in [9.17, 15) is 13.5 Å². The molecule has 22 heavy (non-hydrogen) atoms. The molecule has 1 aliphatic heterocycles. The lowest BCUT2D eigenvalue weighted by molar-refractivity contribution is 0.0896. The second kappa shape index (κ2) is 7.40. The quantitative estimate of drug-likeness (QED) is 0.832.